The number of hydrogen-bond acceptors (Lipinski definition) is 6. The van der Waals surface area contributed by atoms with Crippen LogP contribution in [0.5, 0.6) is 5.75 Å². The summed E-state index contributed by atoms with van der Waals surface area (Å²) < 4.78 is 5.14. The Morgan fingerprint density at radius 3 is 2.56 bits per heavy atom. The summed E-state index contributed by atoms with van der Waals surface area (Å²) in [5.74, 6) is 2.14. The summed E-state index contributed by atoms with van der Waals surface area (Å²) >= 11 is 0. The fourth-order valence-electron chi connectivity index (χ4n) is 3.18. The average molecular weight is 339 g/mol. The molecule has 2 aromatic rings. The number of anilines is 1. The predicted octanol–water partition coefficient (Wildman–Crippen LogP) is 1.72. The molecule has 2 fully saturated rings. The average Bonchev–Trinajstić information content (AvgIpc) is 3.53. The molecule has 2 aromatic heterocycles. The summed E-state index contributed by atoms with van der Waals surface area (Å²) in [5.41, 5.74) is 1.58. The van der Waals surface area contributed by atoms with Gasteiger partial charge in [0, 0.05) is 38.3 Å². The second-order valence-electron chi connectivity index (χ2n) is 6.43. The lowest BCUT2D eigenvalue weighted by Crippen LogP contribution is -2.49. The Morgan fingerprint density at radius 1 is 1.12 bits per heavy atom. The molecule has 1 aliphatic heterocycles. The van der Waals surface area contributed by atoms with E-state index >= 15 is 0 Å². The molecule has 0 unspecified atom stereocenters. The molecule has 0 bridgehead atoms. The van der Waals surface area contributed by atoms with Crippen molar-refractivity contribution in [3.8, 4) is 5.75 Å². The molecule has 0 spiro atoms. The molecule has 0 N–H and O–H groups in total. The van der Waals surface area contributed by atoms with Gasteiger partial charge in [-0.15, -0.1) is 0 Å². The third kappa shape index (κ3) is 3.26. The van der Waals surface area contributed by atoms with Crippen molar-refractivity contribution in [3.05, 3.63) is 42.1 Å². The van der Waals surface area contributed by atoms with E-state index in [1.54, 1.807) is 19.5 Å². The van der Waals surface area contributed by atoms with Gasteiger partial charge in [0.05, 0.1) is 24.6 Å². The summed E-state index contributed by atoms with van der Waals surface area (Å²) in [4.78, 5) is 29.8. The molecule has 0 radical (unpaired) electrons. The molecule has 1 saturated carbocycles. The standard InChI is InChI=1S/C18H21N5O2/c1-25-14-4-5-16(20-10-14)22-6-8-23(9-7-22)18(24)15-11-19-12-21-17(15)13-2-3-13/h4-5,10-13H,2-3,6-9H2,1H3. The van der Waals surface area contributed by atoms with E-state index in [9.17, 15) is 4.79 Å². The van der Waals surface area contributed by atoms with Crippen LogP contribution in [-0.4, -0.2) is 59.0 Å². The number of ether oxygens (including phenoxy) is 1. The Morgan fingerprint density at radius 2 is 1.92 bits per heavy atom. The second kappa shape index (κ2) is 6.66. The number of piperazine rings is 1. The van der Waals surface area contributed by atoms with Crippen LogP contribution in [-0.2, 0) is 0 Å². The molecule has 1 saturated heterocycles. The number of aromatic nitrogens is 3. The van der Waals surface area contributed by atoms with E-state index < -0.39 is 0 Å². The minimum atomic E-state index is 0.0461. The van der Waals surface area contributed by atoms with Crippen molar-refractivity contribution in [2.45, 2.75) is 18.8 Å². The minimum absolute atomic E-state index is 0.0461. The van der Waals surface area contributed by atoms with E-state index in [0.717, 1.165) is 43.2 Å². The van der Waals surface area contributed by atoms with Crippen LogP contribution < -0.4 is 9.64 Å². The fraction of sp³-hybridized carbons (Fsp3) is 0.444. The molecule has 1 amide bonds. The van der Waals surface area contributed by atoms with Crippen LogP contribution in [0.3, 0.4) is 0 Å². The monoisotopic (exact) mass is 339 g/mol. The van der Waals surface area contributed by atoms with Crippen LogP contribution in [0.2, 0.25) is 0 Å². The Hall–Kier alpha value is -2.70. The number of nitrogens with zero attached hydrogens (tertiary/aromatic N) is 5. The Kier molecular flexibility index (Phi) is 4.21. The first-order valence-corrected chi connectivity index (χ1v) is 8.60. The van der Waals surface area contributed by atoms with Gasteiger partial charge in [-0.05, 0) is 25.0 Å². The third-order valence-corrected chi connectivity index (χ3v) is 4.78. The summed E-state index contributed by atoms with van der Waals surface area (Å²) in [6, 6.07) is 3.86. The molecular formula is C18H21N5O2. The lowest BCUT2D eigenvalue weighted by Gasteiger charge is -2.35. The molecule has 130 valence electrons. The Labute approximate surface area is 146 Å². The quantitative estimate of drug-likeness (QED) is 0.845. The smallest absolute Gasteiger partial charge is 0.257 e. The van der Waals surface area contributed by atoms with Crippen LogP contribution in [0.25, 0.3) is 0 Å². The predicted molar refractivity (Wildman–Crippen MR) is 92.9 cm³/mol. The summed E-state index contributed by atoms with van der Waals surface area (Å²) in [7, 11) is 1.63. The highest BCUT2D eigenvalue weighted by Gasteiger charge is 2.32. The first kappa shape index (κ1) is 15.8. The van der Waals surface area contributed by atoms with Crippen LogP contribution >= 0.6 is 0 Å². The third-order valence-electron chi connectivity index (χ3n) is 4.78. The van der Waals surface area contributed by atoms with E-state index in [-0.39, 0.29) is 5.91 Å². The highest BCUT2D eigenvalue weighted by molar-refractivity contribution is 5.95. The van der Waals surface area contributed by atoms with Crippen molar-refractivity contribution in [3.63, 3.8) is 0 Å². The van der Waals surface area contributed by atoms with E-state index in [1.807, 2.05) is 17.0 Å². The van der Waals surface area contributed by atoms with Crippen molar-refractivity contribution >= 4 is 11.7 Å². The Bertz CT molecular complexity index is 752. The molecule has 4 rings (SSSR count). The summed E-state index contributed by atoms with van der Waals surface area (Å²) in [5, 5.41) is 0. The highest BCUT2D eigenvalue weighted by atomic mass is 16.5. The zero-order chi connectivity index (χ0) is 17.2. The molecule has 25 heavy (non-hydrogen) atoms. The van der Waals surface area contributed by atoms with Crippen LogP contribution in [0, 0.1) is 0 Å². The van der Waals surface area contributed by atoms with Gasteiger partial charge in [0.25, 0.3) is 5.91 Å². The van der Waals surface area contributed by atoms with Gasteiger partial charge < -0.3 is 14.5 Å². The summed E-state index contributed by atoms with van der Waals surface area (Å²) in [6.07, 6.45) is 7.16. The van der Waals surface area contributed by atoms with E-state index in [1.165, 1.54) is 6.33 Å². The number of methoxy groups -OCH3 is 1. The van der Waals surface area contributed by atoms with Gasteiger partial charge in [-0.2, -0.15) is 0 Å². The van der Waals surface area contributed by atoms with Crippen molar-refractivity contribution in [2.75, 3.05) is 38.2 Å². The van der Waals surface area contributed by atoms with E-state index in [2.05, 4.69) is 19.9 Å². The van der Waals surface area contributed by atoms with Crippen molar-refractivity contribution in [1.29, 1.82) is 0 Å². The molecule has 1 aliphatic carbocycles. The Balaban J connectivity index is 1.42. The first-order valence-electron chi connectivity index (χ1n) is 8.60. The maximum atomic E-state index is 12.9. The lowest BCUT2D eigenvalue weighted by atomic mass is 10.1. The minimum Gasteiger partial charge on any atom is -0.495 e. The number of carbonyl (C=O) groups is 1. The molecule has 2 aliphatic rings. The number of rotatable bonds is 4. The van der Waals surface area contributed by atoms with Crippen LogP contribution in [0.4, 0.5) is 5.82 Å². The molecular weight excluding hydrogens is 318 g/mol. The molecule has 0 aromatic carbocycles. The van der Waals surface area contributed by atoms with E-state index in [0.29, 0.717) is 24.6 Å². The van der Waals surface area contributed by atoms with Crippen molar-refractivity contribution in [2.24, 2.45) is 0 Å². The molecule has 7 nitrogen and oxygen atoms in total. The van der Waals surface area contributed by atoms with Gasteiger partial charge in [0.2, 0.25) is 0 Å². The van der Waals surface area contributed by atoms with Gasteiger partial charge in [-0.3, -0.25) is 4.79 Å². The molecule has 0 atom stereocenters. The van der Waals surface area contributed by atoms with Crippen LogP contribution in [0.1, 0.15) is 34.8 Å². The zero-order valence-corrected chi connectivity index (χ0v) is 14.3. The number of amides is 1. The molecule has 3 heterocycles. The topological polar surface area (TPSA) is 71.5 Å². The first-order chi connectivity index (χ1) is 12.3. The van der Waals surface area contributed by atoms with Crippen molar-refractivity contribution < 1.29 is 9.53 Å². The largest absolute Gasteiger partial charge is 0.495 e. The van der Waals surface area contributed by atoms with Gasteiger partial charge in [0.1, 0.15) is 17.9 Å². The number of carbonyl (C=O) groups excluding carboxylic acids is 1. The number of pyridine rings is 1. The summed E-state index contributed by atoms with van der Waals surface area (Å²) in [6.45, 7) is 2.87. The normalized spacial score (nSPS) is 17.5. The van der Waals surface area contributed by atoms with E-state index in [4.69, 9.17) is 4.74 Å². The number of hydrogen-bond donors (Lipinski definition) is 0. The fourth-order valence-corrected chi connectivity index (χ4v) is 3.18. The van der Waals surface area contributed by atoms with Gasteiger partial charge in [-0.25, -0.2) is 15.0 Å². The van der Waals surface area contributed by atoms with Crippen molar-refractivity contribution in [1.82, 2.24) is 19.9 Å². The molecule has 7 heteroatoms. The lowest BCUT2D eigenvalue weighted by molar-refractivity contribution is 0.0744. The van der Waals surface area contributed by atoms with Gasteiger partial charge >= 0.3 is 0 Å². The second-order valence-corrected chi connectivity index (χ2v) is 6.43. The van der Waals surface area contributed by atoms with Gasteiger partial charge in [-0.1, -0.05) is 0 Å². The maximum absolute atomic E-state index is 12.9. The van der Waals surface area contributed by atoms with Gasteiger partial charge in [0.15, 0.2) is 0 Å². The highest BCUT2D eigenvalue weighted by Crippen LogP contribution is 2.40. The maximum Gasteiger partial charge on any atom is 0.257 e. The SMILES string of the molecule is COc1ccc(N2CCN(C(=O)c3cncnc3C3CC3)CC2)nc1. The zero-order valence-electron chi connectivity index (χ0n) is 14.3. The van der Waals surface area contributed by atoms with Crippen LogP contribution in [0.15, 0.2) is 30.9 Å².